The zero-order valence-corrected chi connectivity index (χ0v) is 10.7. The fourth-order valence-electron chi connectivity index (χ4n) is 2.04. The SMILES string of the molecule is COC(=O)c1ccc(N)c(N[C@@H]2COC[C@@H]2CF)c1. The molecule has 0 bridgehead atoms. The van der Waals surface area contributed by atoms with Crippen LogP contribution >= 0.6 is 0 Å². The Hall–Kier alpha value is -1.82. The molecule has 1 heterocycles. The van der Waals surface area contributed by atoms with Gasteiger partial charge in [-0.25, -0.2) is 4.79 Å². The maximum Gasteiger partial charge on any atom is 0.337 e. The van der Waals surface area contributed by atoms with Crippen LogP contribution in [-0.4, -0.2) is 39.0 Å². The summed E-state index contributed by atoms with van der Waals surface area (Å²) in [6, 6.07) is 4.67. The third kappa shape index (κ3) is 2.96. The number of hydrogen-bond acceptors (Lipinski definition) is 5. The summed E-state index contributed by atoms with van der Waals surface area (Å²) in [7, 11) is 1.32. The van der Waals surface area contributed by atoms with Crippen LogP contribution in [0.15, 0.2) is 18.2 Å². The Morgan fingerprint density at radius 2 is 2.37 bits per heavy atom. The third-order valence-electron chi connectivity index (χ3n) is 3.21. The lowest BCUT2D eigenvalue weighted by Gasteiger charge is -2.19. The van der Waals surface area contributed by atoms with Crippen molar-refractivity contribution in [2.45, 2.75) is 6.04 Å². The topological polar surface area (TPSA) is 73.6 Å². The number of alkyl halides is 1. The number of esters is 1. The van der Waals surface area contributed by atoms with Crippen molar-refractivity contribution in [3.05, 3.63) is 23.8 Å². The Kier molecular flexibility index (Phi) is 4.21. The molecule has 1 saturated heterocycles. The fraction of sp³-hybridized carbons (Fsp3) is 0.462. The van der Waals surface area contributed by atoms with E-state index in [-0.39, 0.29) is 12.0 Å². The highest BCUT2D eigenvalue weighted by atomic mass is 19.1. The molecule has 2 rings (SSSR count). The van der Waals surface area contributed by atoms with Crippen molar-refractivity contribution in [2.24, 2.45) is 5.92 Å². The van der Waals surface area contributed by atoms with Crippen LogP contribution in [0, 0.1) is 5.92 Å². The quantitative estimate of drug-likeness (QED) is 0.638. The Balaban J connectivity index is 2.17. The zero-order chi connectivity index (χ0) is 13.8. The Bertz CT molecular complexity index is 467. The number of halogens is 1. The van der Waals surface area contributed by atoms with E-state index >= 15 is 0 Å². The van der Waals surface area contributed by atoms with E-state index in [0.29, 0.717) is 30.2 Å². The summed E-state index contributed by atoms with van der Waals surface area (Å²) in [5.74, 6) is -0.631. The second-order valence-corrected chi connectivity index (χ2v) is 4.50. The predicted molar refractivity (Wildman–Crippen MR) is 69.9 cm³/mol. The van der Waals surface area contributed by atoms with Crippen molar-refractivity contribution in [3.8, 4) is 0 Å². The van der Waals surface area contributed by atoms with Gasteiger partial charge in [-0.2, -0.15) is 0 Å². The van der Waals surface area contributed by atoms with Gasteiger partial charge in [-0.15, -0.1) is 0 Å². The first-order valence-electron chi connectivity index (χ1n) is 6.03. The number of nitrogens with two attached hydrogens (primary N) is 1. The molecule has 6 heteroatoms. The van der Waals surface area contributed by atoms with Crippen LogP contribution in [0.25, 0.3) is 0 Å². The van der Waals surface area contributed by atoms with Crippen molar-refractivity contribution in [1.82, 2.24) is 0 Å². The molecule has 0 saturated carbocycles. The van der Waals surface area contributed by atoms with Crippen molar-refractivity contribution >= 4 is 17.3 Å². The van der Waals surface area contributed by atoms with Crippen molar-refractivity contribution in [2.75, 3.05) is 38.0 Å². The summed E-state index contributed by atoms with van der Waals surface area (Å²) < 4.78 is 22.7. The van der Waals surface area contributed by atoms with Gasteiger partial charge in [0, 0.05) is 5.92 Å². The number of ether oxygens (including phenoxy) is 2. The molecular weight excluding hydrogens is 251 g/mol. The summed E-state index contributed by atoms with van der Waals surface area (Å²) in [6.45, 7) is 0.371. The Morgan fingerprint density at radius 3 is 3.05 bits per heavy atom. The molecule has 0 aliphatic carbocycles. The molecule has 1 aromatic carbocycles. The molecular formula is C13H17FN2O3. The van der Waals surface area contributed by atoms with E-state index in [2.05, 4.69) is 10.1 Å². The average molecular weight is 268 g/mol. The van der Waals surface area contributed by atoms with Gasteiger partial charge >= 0.3 is 5.97 Å². The zero-order valence-electron chi connectivity index (χ0n) is 10.7. The van der Waals surface area contributed by atoms with E-state index < -0.39 is 12.6 Å². The third-order valence-corrected chi connectivity index (χ3v) is 3.21. The first kappa shape index (κ1) is 13.6. The molecule has 0 spiro atoms. The number of nitrogens with one attached hydrogen (secondary N) is 1. The van der Waals surface area contributed by atoms with Crippen LogP contribution in [0.4, 0.5) is 15.8 Å². The minimum atomic E-state index is -0.450. The van der Waals surface area contributed by atoms with E-state index in [0.717, 1.165) is 0 Å². The monoisotopic (exact) mass is 268 g/mol. The maximum absolute atomic E-state index is 12.8. The molecule has 104 valence electrons. The highest BCUT2D eigenvalue weighted by Gasteiger charge is 2.28. The minimum Gasteiger partial charge on any atom is -0.465 e. The van der Waals surface area contributed by atoms with Crippen molar-refractivity contribution in [3.63, 3.8) is 0 Å². The molecule has 19 heavy (non-hydrogen) atoms. The smallest absolute Gasteiger partial charge is 0.337 e. The van der Waals surface area contributed by atoms with Crippen LogP contribution < -0.4 is 11.1 Å². The average Bonchev–Trinajstić information content (AvgIpc) is 2.87. The number of benzene rings is 1. The first-order valence-corrected chi connectivity index (χ1v) is 6.03. The number of carbonyl (C=O) groups is 1. The normalized spacial score (nSPS) is 22.2. The van der Waals surface area contributed by atoms with Gasteiger partial charge in [-0.1, -0.05) is 0 Å². The highest BCUT2D eigenvalue weighted by molar-refractivity contribution is 5.92. The van der Waals surface area contributed by atoms with Gasteiger partial charge in [-0.05, 0) is 18.2 Å². The molecule has 1 aliphatic heterocycles. The molecule has 2 atom stereocenters. The molecule has 5 nitrogen and oxygen atoms in total. The van der Waals surface area contributed by atoms with Gasteiger partial charge in [0.2, 0.25) is 0 Å². The lowest BCUT2D eigenvalue weighted by molar-refractivity contribution is 0.0601. The van der Waals surface area contributed by atoms with Gasteiger partial charge in [0.05, 0.1) is 50.0 Å². The largest absolute Gasteiger partial charge is 0.465 e. The van der Waals surface area contributed by atoms with Crippen molar-refractivity contribution < 1.29 is 18.7 Å². The summed E-state index contributed by atoms with van der Waals surface area (Å²) in [6.07, 6.45) is 0. The second kappa shape index (κ2) is 5.88. The van der Waals surface area contributed by atoms with E-state index in [4.69, 9.17) is 10.5 Å². The number of carbonyl (C=O) groups excluding carboxylic acids is 1. The van der Waals surface area contributed by atoms with Crippen LogP contribution in [0.1, 0.15) is 10.4 Å². The first-order chi connectivity index (χ1) is 9.15. The summed E-state index contributed by atoms with van der Waals surface area (Å²) in [5.41, 5.74) is 7.34. The van der Waals surface area contributed by atoms with Gasteiger partial charge in [0.15, 0.2) is 0 Å². The predicted octanol–water partition coefficient (Wildman–Crippen LogP) is 1.45. The van der Waals surface area contributed by atoms with Crippen LogP contribution in [-0.2, 0) is 9.47 Å². The molecule has 0 unspecified atom stereocenters. The van der Waals surface area contributed by atoms with E-state index in [1.807, 2.05) is 0 Å². The molecule has 3 N–H and O–H groups in total. The van der Waals surface area contributed by atoms with E-state index in [1.165, 1.54) is 7.11 Å². The molecule has 1 fully saturated rings. The molecule has 1 aromatic rings. The molecule has 1 aliphatic rings. The van der Waals surface area contributed by atoms with Crippen LogP contribution in [0.3, 0.4) is 0 Å². The Morgan fingerprint density at radius 1 is 1.58 bits per heavy atom. The second-order valence-electron chi connectivity index (χ2n) is 4.50. The number of hydrogen-bond donors (Lipinski definition) is 2. The fourth-order valence-corrected chi connectivity index (χ4v) is 2.04. The lowest BCUT2D eigenvalue weighted by Crippen LogP contribution is -2.29. The van der Waals surface area contributed by atoms with Crippen LogP contribution in [0.5, 0.6) is 0 Å². The molecule has 0 radical (unpaired) electrons. The van der Waals surface area contributed by atoms with E-state index in [9.17, 15) is 9.18 Å². The summed E-state index contributed by atoms with van der Waals surface area (Å²) >= 11 is 0. The van der Waals surface area contributed by atoms with Gasteiger partial charge in [0.25, 0.3) is 0 Å². The van der Waals surface area contributed by atoms with E-state index in [1.54, 1.807) is 18.2 Å². The van der Waals surface area contributed by atoms with Crippen LogP contribution in [0.2, 0.25) is 0 Å². The number of rotatable bonds is 4. The van der Waals surface area contributed by atoms with Gasteiger partial charge in [0.1, 0.15) is 0 Å². The maximum atomic E-state index is 12.8. The number of nitrogen functional groups attached to an aromatic ring is 1. The van der Waals surface area contributed by atoms with Gasteiger partial charge in [-0.3, -0.25) is 4.39 Å². The lowest BCUT2D eigenvalue weighted by atomic mass is 10.0. The van der Waals surface area contributed by atoms with Gasteiger partial charge < -0.3 is 20.5 Å². The number of anilines is 2. The molecule has 0 amide bonds. The number of methoxy groups -OCH3 is 1. The Labute approximate surface area is 110 Å². The standard InChI is InChI=1S/C13H17FN2O3/c1-18-13(17)8-2-3-10(15)11(4-8)16-12-7-19-6-9(12)5-14/h2-4,9,12,16H,5-7,15H2,1H3/t9-,12+/m0/s1. The summed E-state index contributed by atoms with van der Waals surface area (Å²) in [5, 5.41) is 3.13. The minimum absolute atomic E-state index is 0.139. The van der Waals surface area contributed by atoms with Crippen molar-refractivity contribution in [1.29, 1.82) is 0 Å². The summed E-state index contributed by atoms with van der Waals surface area (Å²) in [4.78, 5) is 11.5. The highest BCUT2D eigenvalue weighted by Crippen LogP contribution is 2.25. The molecule has 0 aromatic heterocycles.